The van der Waals surface area contributed by atoms with E-state index in [4.69, 9.17) is 13.9 Å². The maximum atomic E-state index is 13.1. The van der Waals surface area contributed by atoms with Crippen molar-refractivity contribution >= 4 is 11.7 Å². The van der Waals surface area contributed by atoms with E-state index in [-0.39, 0.29) is 11.5 Å². The van der Waals surface area contributed by atoms with Crippen LogP contribution in [0.5, 0.6) is 11.5 Å². The second-order valence-electron chi connectivity index (χ2n) is 7.20. The number of aryl methyl sites for hydroxylation is 1. The summed E-state index contributed by atoms with van der Waals surface area (Å²) in [6.07, 6.45) is 2.09. The van der Waals surface area contributed by atoms with Gasteiger partial charge in [0.05, 0.1) is 19.5 Å². The highest BCUT2D eigenvalue weighted by Gasteiger charge is 2.19. The molecule has 0 aliphatic heterocycles. The molecule has 0 aliphatic rings. The van der Waals surface area contributed by atoms with Gasteiger partial charge in [0, 0.05) is 23.4 Å². The molecule has 176 valence electrons. The smallest absolute Gasteiger partial charge is 0.256 e. The fraction of sp³-hybridized carbons (Fsp3) is 0.250. The Balaban J connectivity index is 1.73. The van der Waals surface area contributed by atoms with Crippen molar-refractivity contribution in [3.05, 3.63) is 70.3 Å². The number of anilines is 1. The molecule has 2 N–H and O–H groups in total. The summed E-state index contributed by atoms with van der Waals surface area (Å²) in [6.45, 7) is 6.53. The largest absolute Gasteiger partial charge is 0.490 e. The number of hydrogen-bond acceptors (Lipinski definition) is 7. The molecule has 0 atom stereocenters. The molecule has 1 amide bonds. The molecule has 4 rings (SSSR count). The third-order valence-electron chi connectivity index (χ3n) is 4.88. The lowest BCUT2D eigenvalue weighted by Crippen LogP contribution is -2.19. The number of aromatic amines is 1. The molecule has 10 heteroatoms. The van der Waals surface area contributed by atoms with Crippen LogP contribution in [-0.2, 0) is 6.42 Å². The van der Waals surface area contributed by atoms with Crippen LogP contribution in [0.1, 0.15) is 36.8 Å². The summed E-state index contributed by atoms with van der Waals surface area (Å²) in [5.74, 6) is 1.62. The quantitative estimate of drug-likeness (QED) is 0.386. The fourth-order valence-electron chi connectivity index (χ4n) is 3.33. The van der Waals surface area contributed by atoms with Gasteiger partial charge in [-0.25, -0.2) is 4.98 Å². The normalized spacial score (nSPS) is 10.8. The molecule has 1 aromatic carbocycles. The van der Waals surface area contributed by atoms with Crippen LogP contribution in [0.3, 0.4) is 0 Å². The standard InChI is InChI=1S/C24H25N5O5/c1-4-16-13-22(30)27-24(25-16)29-21(14-17(28-29)18-8-7-11-34-18)26-23(31)15-9-10-19(32-5-2)20(12-15)33-6-3/h7-14H,4-6H2,1-3H3,(H,26,31)(H,25,27,30). The predicted molar refractivity (Wildman–Crippen MR) is 126 cm³/mol. The van der Waals surface area contributed by atoms with Crippen LogP contribution in [0, 0.1) is 0 Å². The number of hydrogen-bond donors (Lipinski definition) is 2. The van der Waals surface area contributed by atoms with Crippen LogP contribution in [0.2, 0.25) is 0 Å². The van der Waals surface area contributed by atoms with Crippen molar-refractivity contribution < 1.29 is 18.7 Å². The molecule has 0 bridgehead atoms. The van der Waals surface area contributed by atoms with Gasteiger partial charge >= 0.3 is 0 Å². The molecule has 0 aliphatic carbocycles. The summed E-state index contributed by atoms with van der Waals surface area (Å²) in [5.41, 5.74) is 1.11. The maximum Gasteiger partial charge on any atom is 0.256 e. The topological polar surface area (TPSA) is 124 Å². The molecule has 0 radical (unpaired) electrons. The Morgan fingerprint density at radius 3 is 2.59 bits per heavy atom. The van der Waals surface area contributed by atoms with E-state index in [0.29, 0.717) is 59.7 Å². The number of aromatic nitrogens is 4. The molecule has 0 unspecified atom stereocenters. The van der Waals surface area contributed by atoms with Crippen LogP contribution < -0.4 is 20.3 Å². The van der Waals surface area contributed by atoms with E-state index in [1.54, 1.807) is 36.4 Å². The van der Waals surface area contributed by atoms with Gasteiger partial charge in [-0.1, -0.05) is 6.92 Å². The van der Waals surface area contributed by atoms with Crippen molar-refractivity contribution in [2.45, 2.75) is 27.2 Å². The van der Waals surface area contributed by atoms with E-state index in [1.807, 2.05) is 20.8 Å². The van der Waals surface area contributed by atoms with Crippen LogP contribution in [0.15, 0.2) is 57.9 Å². The van der Waals surface area contributed by atoms with Gasteiger partial charge in [0.15, 0.2) is 17.3 Å². The SMILES string of the molecule is CCOc1ccc(C(=O)Nc2cc(-c3ccco3)nn2-c2nc(CC)cc(=O)[nH]2)cc1OCC. The average molecular weight is 463 g/mol. The Hall–Kier alpha value is -4.34. The monoisotopic (exact) mass is 463 g/mol. The minimum atomic E-state index is -0.398. The zero-order valence-electron chi connectivity index (χ0n) is 19.1. The van der Waals surface area contributed by atoms with E-state index in [2.05, 4.69) is 20.4 Å². The molecular weight excluding hydrogens is 438 g/mol. The van der Waals surface area contributed by atoms with Crippen molar-refractivity contribution in [3.63, 3.8) is 0 Å². The molecule has 3 aromatic heterocycles. The number of H-pyrrole nitrogens is 1. The summed E-state index contributed by atoms with van der Waals surface area (Å²) in [6, 6.07) is 11.5. The van der Waals surface area contributed by atoms with Crippen LogP contribution >= 0.6 is 0 Å². The highest BCUT2D eigenvalue weighted by molar-refractivity contribution is 6.04. The fourth-order valence-corrected chi connectivity index (χ4v) is 3.33. The molecule has 0 spiro atoms. The van der Waals surface area contributed by atoms with Gasteiger partial charge < -0.3 is 19.2 Å². The van der Waals surface area contributed by atoms with Gasteiger partial charge in [-0.2, -0.15) is 9.78 Å². The molecule has 3 heterocycles. The van der Waals surface area contributed by atoms with Gasteiger partial charge in [-0.3, -0.25) is 14.6 Å². The number of ether oxygens (including phenoxy) is 2. The van der Waals surface area contributed by atoms with E-state index in [0.717, 1.165) is 0 Å². The Morgan fingerprint density at radius 1 is 1.09 bits per heavy atom. The summed E-state index contributed by atoms with van der Waals surface area (Å²) in [7, 11) is 0. The van der Waals surface area contributed by atoms with Crippen molar-refractivity contribution in [2.24, 2.45) is 0 Å². The summed E-state index contributed by atoms with van der Waals surface area (Å²) < 4.78 is 18.0. The van der Waals surface area contributed by atoms with Crippen molar-refractivity contribution in [2.75, 3.05) is 18.5 Å². The molecule has 0 saturated heterocycles. The molecular formula is C24H25N5O5. The predicted octanol–water partition coefficient (Wildman–Crippen LogP) is 3.83. The third-order valence-corrected chi connectivity index (χ3v) is 4.88. The third kappa shape index (κ3) is 4.85. The van der Waals surface area contributed by atoms with Gasteiger partial charge in [-0.05, 0) is 50.6 Å². The minimum absolute atomic E-state index is 0.180. The lowest BCUT2D eigenvalue weighted by atomic mass is 10.2. The lowest BCUT2D eigenvalue weighted by molar-refractivity contribution is 0.102. The summed E-state index contributed by atoms with van der Waals surface area (Å²) in [5, 5.41) is 7.35. The molecule has 0 fully saturated rings. The Bertz CT molecular complexity index is 1340. The highest BCUT2D eigenvalue weighted by Crippen LogP contribution is 2.29. The highest BCUT2D eigenvalue weighted by atomic mass is 16.5. The number of benzene rings is 1. The Kier molecular flexibility index (Phi) is 6.77. The average Bonchev–Trinajstić information content (AvgIpc) is 3.50. The number of carbonyl (C=O) groups is 1. The second-order valence-corrected chi connectivity index (χ2v) is 7.20. The van der Waals surface area contributed by atoms with E-state index in [9.17, 15) is 9.59 Å². The van der Waals surface area contributed by atoms with Crippen molar-refractivity contribution in [1.82, 2.24) is 19.7 Å². The van der Waals surface area contributed by atoms with Crippen molar-refractivity contribution in [3.8, 4) is 28.9 Å². The zero-order valence-corrected chi connectivity index (χ0v) is 19.1. The van der Waals surface area contributed by atoms with Gasteiger partial charge in [0.2, 0.25) is 5.95 Å². The number of carbonyl (C=O) groups excluding carboxylic acids is 1. The second kappa shape index (κ2) is 10.1. The first-order chi connectivity index (χ1) is 16.5. The van der Waals surface area contributed by atoms with Crippen LogP contribution in [0.25, 0.3) is 17.4 Å². The molecule has 4 aromatic rings. The van der Waals surface area contributed by atoms with Gasteiger partial charge in [0.25, 0.3) is 11.5 Å². The maximum absolute atomic E-state index is 13.1. The first-order valence-corrected chi connectivity index (χ1v) is 11.0. The van der Waals surface area contributed by atoms with Crippen LogP contribution in [0.4, 0.5) is 5.82 Å². The first kappa shape index (κ1) is 22.8. The molecule has 10 nitrogen and oxygen atoms in total. The van der Waals surface area contributed by atoms with Gasteiger partial charge in [0.1, 0.15) is 11.5 Å². The van der Waals surface area contributed by atoms with E-state index < -0.39 is 5.91 Å². The summed E-state index contributed by atoms with van der Waals surface area (Å²) >= 11 is 0. The van der Waals surface area contributed by atoms with Gasteiger partial charge in [-0.15, -0.1) is 0 Å². The number of rotatable bonds is 9. The molecule has 34 heavy (non-hydrogen) atoms. The Labute approximate surface area is 195 Å². The number of furan rings is 1. The Morgan fingerprint density at radius 2 is 1.88 bits per heavy atom. The van der Waals surface area contributed by atoms with Crippen LogP contribution in [-0.4, -0.2) is 38.9 Å². The minimum Gasteiger partial charge on any atom is -0.490 e. The van der Waals surface area contributed by atoms with E-state index >= 15 is 0 Å². The van der Waals surface area contributed by atoms with Crippen molar-refractivity contribution in [1.29, 1.82) is 0 Å². The number of amides is 1. The summed E-state index contributed by atoms with van der Waals surface area (Å²) in [4.78, 5) is 32.4. The number of nitrogens with zero attached hydrogens (tertiary/aromatic N) is 3. The lowest BCUT2D eigenvalue weighted by Gasteiger charge is -2.13. The zero-order chi connectivity index (χ0) is 24.1. The number of nitrogens with one attached hydrogen (secondary N) is 2. The first-order valence-electron chi connectivity index (χ1n) is 11.0. The van der Waals surface area contributed by atoms with E-state index in [1.165, 1.54) is 17.0 Å². The molecule has 0 saturated carbocycles.